The van der Waals surface area contributed by atoms with Crippen molar-refractivity contribution in [2.45, 2.75) is 31.2 Å². The molecule has 20 heavy (non-hydrogen) atoms. The van der Waals surface area contributed by atoms with Gasteiger partial charge >= 0.3 is 0 Å². The summed E-state index contributed by atoms with van der Waals surface area (Å²) < 4.78 is 5.41. The van der Waals surface area contributed by atoms with Crippen LogP contribution >= 0.6 is 24.0 Å². The van der Waals surface area contributed by atoms with E-state index in [1.54, 1.807) is 24.3 Å². The summed E-state index contributed by atoms with van der Waals surface area (Å²) in [6.07, 6.45) is 4.14. The summed E-state index contributed by atoms with van der Waals surface area (Å²) in [5.41, 5.74) is 5.54. The molecule has 1 saturated carbocycles. The summed E-state index contributed by atoms with van der Waals surface area (Å²) in [5.74, 6) is 0.461. The third-order valence-electron chi connectivity index (χ3n) is 3.52. The van der Waals surface area contributed by atoms with Gasteiger partial charge in [-0.15, -0.1) is 12.4 Å². The van der Waals surface area contributed by atoms with Crippen LogP contribution in [0.4, 0.5) is 0 Å². The van der Waals surface area contributed by atoms with E-state index >= 15 is 0 Å². The predicted molar refractivity (Wildman–Crippen MR) is 82.6 cm³/mol. The number of nitrogens with one attached hydrogen (secondary N) is 1. The van der Waals surface area contributed by atoms with Gasteiger partial charge in [-0.25, -0.2) is 0 Å². The van der Waals surface area contributed by atoms with Gasteiger partial charge in [-0.2, -0.15) is 0 Å². The van der Waals surface area contributed by atoms with E-state index in [4.69, 9.17) is 22.1 Å². The fourth-order valence-corrected chi connectivity index (χ4v) is 2.65. The van der Waals surface area contributed by atoms with Crippen molar-refractivity contribution in [2.75, 3.05) is 13.2 Å². The van der Waals surface area contributed by atoms with E-state index in [-0.39, 0.29) is 30.5 Å². The molecule has 0 unspecified atom stereocenters. The average Bonchev–Trinajstić information content (AvgIpc) is 2.86. The Hall–Kier alpha value is -0.970. The van der Waals surface area contributed by atoms with Crippen LogP contribution in [0.25, 0.3) is 0 Å². The van der Waals surface area contributed by atoms with E-state index in [1.165, 1.54) is 0 Å². The maximum atomic E-state index is 11.9. The molecule has 1 aromatic carbocycles. The van der Waals surface area contributed by atoms with E-state index < -0.39 is 0 Å². The van der Waals surface area contributed by atoms with Crippen molar-refractivity contribution in [1.82, 2.24) is 5.32 Å². The van der Waals surface area contributed by atoms with Crippen LogP contribution in [0.5, 0.6) is 5.75 Å². The summed E-state index contributed by atoms with van der Waals surface area (Å²) in [7, 11) is 0. The van der Waals surface area contributed by atoms with Gasteiger partial charge in [0, 0.05) is 11.6 Å². The van der Waals surface area contributed by atoms with E-state index in [0.29, 0.717) is 17.3 Å². The molecular formula is C14H20Cl2N2O2. The number of halogens is 2. The summed E-state index contributed by atoms with van der Waals surface area (Å²) in [6, 6.07) is 7.00. The molecule has 0 radical (unpaired) electrons. The highest BCUT2D eigenvalue weighted by Crippen LogP contribution is 2.28. The van der Waals surface area contributed by atoms with E-state index in [2.05, 4.69) is 5.32 Å². The van der Waals surface area contributed by atoms with Gasteiger partial charge in [0.1, 0.15) is 5.75 Å². The number of carbonyl (C=O) groups is 1. The molecule has 0 atom stereocenters. The number of rotatable bonds is 5. The van der Waals surface area contributed by atoms with Crippen molar-refractivity contribution in [3.63, 3.8) is 0 Å². The second kappa shape index (κ2) is 7.72. The van der Waals surface area contributed by atoms with Gasteiger partial charge < -0.3 is 15.8 Å². The minimum absolute atomic E-state index is 0. The lowest BCUT2D eigenvalue weighted by atomic mass is 9.98. The number of benzene rings is 1. The van der Waals surface area contributed by atoms with Crippen LogP contribution < -0.4 is 15.8 Å². The average molecular weight is 319 g/mol. The first-order valence-corrected chi connectivity index (χ1v) is 6.91. The Morgan fingerprint density at radius 1 is 1.40 bits per heavy atom. The second-order valence-corrected chi connectivity index (χ2v) is 5.42. The molecule has 2 rings (SSSR count). The van der Waals surface area contributed by atoms with Gasteiger partial charge in [0.05, 0.1) is 5.54 Å². The number of ether oxygens (including phenoxy) is 1. The van der Waals surface area contributed by atoms with E-state index in [9.17, 15) is 4.79 Å². The molecular weight excluding hydrogens is 299 g/mol. The van der Waals surface area contributed by atoms with Crippen LogP contribution in [0, 0.1) is 0 Å². The first-order chi connectivity index (χ1) is 9.13. The summed E-state index contributed by atoms with van der Waals surface area (Å²) in [4.78, 5) is 11.9. The molecule has 1 fully saturated rings. The minimum Gasteiger partial charge on any atom is -0.484 e. The molecule has 1 aliphatic carbocycles. The number of nitrogens with two attached hydrogens (primary N) is 1. The summed E-state index contributed by atoms with van der Waals surface area (Å²) in [6.45, 7) is 0.470. The number of amides is 1. The molecule has 0 spiro atoms. The Morgan fingerprint density at radius 2 is 2.10 bits per heavy atom. The highest BCUT2D eigenvalue weighted by molar-refractivity contribution is 6.30. The zero-order valence-corrected chi connectivity index (χ0v) is 12.8. The molecule has 0 aliphatic heterocycles. The van der Waals surface area contributed by atoms with E-state index in [0.717, 1.165) is 25.7 Å². The molecule has 3 N–H and O–H groups in total. The first-order valence-electron chi connectivity index (χ1n) is 6.53. The largest absolute Gasteiger partial charge is 0.484 e. The number of hydrogen-bond donors (Lipinski definition) is 2. The smallest absolute Gasteiger partial charge is 0.258 e. The Kier molecular flexibility index (Phi) is 6.59. The molecule has 0 aromatic heterocycles. The van der Waals surface area contributed by atoms with Crippen LogP contribution in [0.15, 0.2) is 24.3 Å². The quantitative estimate of drug-likeness (QED) is 0.876. The molecule has 112 valence electrons. The van der Waals surface area contributed by atoms with Crippen molar-refractivity contribution in [2.24, 2.45) is 5.73 Å². The standard InChI is InChI=1S/C14H19ClN2O2.ClH/c15-11-4-3-5-12(8-11)19-9-13(18)17-14(10-16)6-1-2-7-14;/h3-5,8H,1-2,6-7,9-10,16H2,(H,17,18);1H. The Morgan fingerprint density at radius 3 is 2.70 bits per heavy atom. The van der Waals surface area contributed by atoms with Crippen molar-refractivity contribution < 1.29 is 9.53 Å². The van der Waals surface area contributed by atoms with Crippen molar-refractivity contribution in [1.29, 1.82) is 0 Å². The lowest BCUT2D eigenvalue weighted by Gasteiger charge is -2.28. The number of carbonyl (C=O) groups excluding carboxylic acids is 1. The monoisotopic (exact) mass is 318 g/mol. The molecule has 0 bridgehead atoms. The molecule has 4 nitrogen and oxygen atoms in total. The molecule has 1 aromatic rings. The summed E-state index contributed by atoms with van der Waals surface area (Å²) in [5, 5.41) is 3.59. The van der Waals surface area contributed by atoms with Crippen LogP contribution in [0.1, 0.15) is 25.7 Å². The fraction of sp³-hybridized carbons (Fsp3) is 0.500. The van der Waals surface area contributed by atoms with Gasteiger partial charge in [0.25, 0.3) is 5.91 Å². The van der Waals surface area contributed by atoms with Crippen LogP contribution in [-0.4, -0.2) is 24.6 Å². The van der Waals surface area contributed by atoms with Gasteiger partial charge in [0.15, 0.2) is 6.61 Å². The lowest BCUT2D eigenvalue weighted by molar-refractivity contribution is -0.124. The topological polar surface area (TPSA) is 64.3 Å². The third kappa shape index (κ3) is 4.54. The predicted octanol–water partition coefficient (Wildman–Crippen LogP) is 2.53. The van der Waals surface area contributed by atoms with Gasteiger partial charge in [-0.1, -0.05) is 30.5 Å². The zero-order chi connectivity index (χ0) is 13.7. The second-order valence-electron chi connectivity index (χ2n) is 4.99. The highest BCUT2D eigenvalue weighted by Gasteiger charge is 2.33. The highest BCUT2D eigenvalue weighted by atomic mass is 35.5. The Labute approximate surface area is 130 Å². The zero-order valence-electron chi connectivity index (χ0n) is 11.2. The maximum absolute atomic E-state index is 11.9. The van der Waals surface area contributed by atoms with Crippen LogP contribution in [0.3, 0.4) is 0 Å². The lowest BCUT2D eigenvalue weighted by Crippen LogP contribution is -2.52. The third-order valence-corrected chi connectivity index (χ3v) is 3.76. The van der Waals surface area contributed by atoms with Crippen molar-refractivity contribution in [3.05, 3.63) is 29.3 Å². The molecule has 1 amide bonds. The SMILES string of the molecule is Cl.NCC1(NC(=O)COc2cccc(Cl)c2)CCCC1. The Bertz CT molecular complexity index is 449. The van der Waals surface area contributed by atoms with Gasteiger partial charge in [0.2, 0.25) is 0 Å². The summed E-state index contributed by atoms with van der Waals surface area (Å²) >= 11 is 5.85. The maximum Gasteiger partial charge on any atom is 0.258 e. The van der Waals surface area contributed by atoms with Crippen LogP contribution in [0.2, 0.25) is 5.02 Å². The van der Waals surface area contributed by atoms with Crippen LogP contribution in [-0.2, 0) is 4.79 Å². The van der Waals surface area contributed by atoms with Gasteiger partial charge in [-0.3, -0.25) is 4.79 Å². The normalized spacial score (nSPS) is 16.3. The number of hydrogen-bond acceptors (Lipinski definition) is 3. The molecule has 6 heteroatoms. The van der Waals surface area contributed by atoms with E-state index in [1.807, 2.05) is 0 Å². The van der Waals surface area contributed by atoms with Gasteiger partial charge in [-0.05, 0) is 31.0 Å². The minimum atomic E-state index is -0.227. The first kappa shape index (κ1) is 17.1. The van der Waals surface area contributed by atoms with Crippen molar-refractivity contribution in [3.8, 4) is 5.75 Å². The molecule has 1 aliphatic rings. The Balaban J connectivity index is 0.00000200. The molecule has 0 saturated heterocycles. The fourth-order valence-electron chi connectivity index (χ4n) is 2.47. The molecule has 0 heterocycles. The van der Waals surface area contributed by atoms with Crippen molar-refractivity contribution >= 4 is 29.9 Å².